The summed E-state index contributed by atoms with van der Waals surface area (Å²) in [5.74, 6) is 0.644. The van der Waals surface area contributed by atoms with Crippen LogP contribution in [0.5, 0.6) is 5.75 Å². The van der Waals surface area contributed by atoms with Crippen molar-refractivity contribution in [3.63, 3.8) is 0 Å². The molecule has 112 valence electrons. The number of nitrogens with zero attached hydrogens (tertiary/aromatic N) is 3. The maximum atomic E-state index is 11.1. The Kier molecular flexibility index (Phi) is 4.95. The minimum Gasteiger partial charge on any atom is -0.486 e. The lowest BCUT2D eigenvalue weighted by Crippen LogP contribution is -2.12. The van der Waals surface area contributed by atoms with Crippen molar-refractivity contribution in [2.75, 3.05) is 0 Å². The molecule has 0 fully saturated rings. The third-order valence-electron chi connectivity index (χ3n) is 2.77. The summed E-state index contributed by atoms with van der Waals surface area (Å²) in [6, 6.07) is 4.84. The number of carbonyl (C=O) groups is 1. The first-order valence-electron chi connectivity index (χ1n) is 6.49. The van der Waals surface area contributed by atoms with Crippen LogP contribution in [0.25, 0.3) is 0 Å². The van der Waals surface area contributed by atoms with Gasteiger partial charge in [-0.3, -0.25) is 0 Å². The van der Waals surface area contributed by atoms with Crippen LogP contribution >= 0.6 is 15.9 Å². The van der Waals surface area contributed by atoms with Gasteiger partial charge in [-0.1, -0.05) is 13.8 Å². The van der Waals surface area contributed by atoms with E-state index in [1.807, 2.05) is 0 Å². The molecule has 0 saturated heterocycles. The second-order valence-electron chi connectivity index (χ2n) is 4.99. The predicted molar refractivity (Wildman–Crippen MR) is 80.3 cm³/mol. The average molecular weight is 354 g/mol. The first-order chi connectivity index (χ1) is 9.97. The molecule has 21 heavy (non-hydrogen) atoms. The van der Waals surface area contributed by atoms with Crippen LogP contribution in [0.2, 0.25) is 0 Å². The maximum Gasteiger partial charge on any atom is 0.336 e. The first kappa shape index (κ1) is 15.5. The van der Waals surface area contributed by atoms with Crippen LogP contribution in [0.4, 0.5) is 0 Å². The van der Waals surface area contributed by atoms with E-state index in [1.54, 1.807) is 16.8 Å². The molecule has 0 amide bonds. The van der Waals surface area contributed by atoms with Crippen LogP contribution in [-0.2, 0) is 13.2 Å². The Labute approximate surface area is 130 Å². The van der Waals surface area contributed by atoms with Gasteiger partial charge in [0.15, 0.2) is 5.82 Å². The van der Waals surface area contributed by atoms with Gasteiger partial charge in [0, 0.05) is 11.0 Å². The Morgan fingerprint density at radius 3 is 2.90 bits per heavy atom. The molecule has 0 atom stereocenters. The zero-order chi connectivity index (χ0) is 15.4. The standard InChI is InChI=1S/C14H16BrN3O3/c1-9(2)6-18-13(16-8-17-18)7-21-10-3-4-12(15)11(5-10)14(19)20/h3-5,8-9H,6-7H2,1-2H3,(H,19,20). The number of carboxylic acids is 1. The third-order valence-corrected chi connectivity index (χ3v) is 3.46. The second-order valence-corrected chi connectivity index (χ2v) is 5.84. The van der Waals surface area contributed by atoms with Gasteiger partial charge in [0.05, 0.1) is 5.56 Å². The number of halogens is 1. The molecule has 1 aromatic heterocycles. The normalized spacial score (nSPS) is 10.9. The largest absolute Gasteiger partial charge is 0.486 e. The molecule has 0 unspecified atom stereocenters. The predicted octanol–water partition coefficient (Wildman–Crippen LogP) is 2.97. The number of aromatic carboxylic acids is 1. The summed E-state index contributed by atoms with van der Waals surface area (Å²) in [4.78, 5) is 15.2. The smallest absolute Gasteiger partial charge is 0.336 e. The van der Waals surface area contributed by atoms with Gasteiger partial charge in [0.2, 0.25) is 0 Å². The average Bonchev–Trinajstić information content (AvgIpc) is 2.84. The minimum atomic E-state index is -1.00. The van der Waals surface area contributed by atoms with Crippen LogP contribution in [0.3, 0.4) is 0 Å². The SMILES string of the molecule is CC(C)Cn1ncnc1COc1ccc(Br)c(C(=O)O)c1. The molecule has 0 bridgehead atoms. The fraction of sp³-hybridized carbons (Fsp3) is 0.357. The molecule has 0 aliphatic heterocycles. The summed E-state index contributed by atoms with van der Waals surface area (Å²) in [5.41, 5.74) is 0.163. The molecule has 0 aliphatic rings. The van der Waals surface area contributed by atoms with Crippen molar-refractivity contribution in [2.24, 2.45) is 5.92 Å². The molecule has 1 N–H and O–H groups in total. The van der Waals surface area contributed by atoms with E-state index >= 15 is 0 Å². The lowest BCUT2D eigenvalue weighted by atomic mass is 10.2. The topological polar surface area (TPSA) is 77.2 Å². The van der Waals surface area contributed by atoms with Crippen LogP contribution < -0.4 is 4.74 Å². The van der Waals surface area contributed by atoms with Crippen LogP contribution in [-0.4, -0.2) is 25.8 Å². The molecule has 2 aromatic rings. The van der Waals surface area contributed by atoms with Gasteiger partial charge < -0.3 is 9.84 Å². The molecular formula is C14H16BrN3O3. The fourth-order valence-electron chi connectivity index (χ4n) is 1.80. The zero-order valence-electron chi connectivity index (χ0n) is 11.8. The fourth-order valence-corrected chi connectivity index (χ4v) is 2.22. The quantitative estimate of drug-likeness (QED) is 0.863. The Hall–Kier alpha value is -1.89. The van der Waals surface area contributed by atoms with Gasteiger partial charge in [0.1, 0.15) is 18.7 Å². The lowest BCUT2D eigenvalue weighted by Gasteiger charge is -2.10. The molecule has 1 heterocycles. The van der Waals surface area contributed by atoms with Crippen molar-refractivity contribution in [1.82, 2.24) is 14.8 Å². The van der Waals surface area contributed by atoms with Gasteiger partial charge in [-0.05, 0) is 40.0 Å². The summed E-state index contributed by atoms with van der Waals surface area (Å²) in [5, 5.41) is 13.2. The number of aromatic nitrogens is 3. The highest BCUT2D eigenvalue weighted by molar-refractivity contribution is 9.10. The lowest BCUT2D eigenvalue weighted by molar-refractivity contribution is 0.0695. The first-order valence-corrected chi connectivity index (χ1v) is 7.29. The second kappa shape index (κ2) is 6.71. The van der Waals surface area contributed by atoms with Crippen LogP contribution in [0.1, 0.15) is 30.0 Å². The highest BCUT2D eigenvalue weighted by Crippen LogP contribution is 2.23. The Morgan fingerprint density at radius 2 is 2.24 bits per heavy atom. The number of rotatable bonds is 6. The molecule has 0 saturated carbocycles. The summed E-state index contributed by atoms with van der Waals surface area (Å²) < 4.78 is 7.92. The Bertz CT molecular complexity index is 640. The summed E-state index contributed by atoms with van der Waals surface area (Å²) in [6.45, 7) is 5.20. The molecule has 6 nitrogen and oxygen atoms in total. The molecule has 0 spiro atoms. The highest BCUT2D eigenvalue weighted by atomic mass is 79.9. The van der Waals surface area contributed by atoms with Gasteiger partial charge in [-0.2, -0.15) is 5.10 Å². The van der Waals surface area contributed by atoms with Crippen molar-refractivity contribution in [3.8, 4) is 5.75 Å². The van der Waals surface area contributed by atoms with Gasteiger partial charge in [0.25, 0.3) is 0 Å². The number of ether oxygens (including phenoxy) is 1. The van der Waals surface area contributed by atoms with Gasteiger partial charge >= 0.3 is 5.97 Å². The molecule has 2 rings (SSSR count). The van der Waals surface area contributed by atoms with Crippen molar-refractivity contribution in [1.29, 1.82) is 0 Å². The van der Waals surface area contributed by atoms with Crippen molar-refractivity contribution in [3.05, 3.63) is 40.4 Å². The number of hydrogen-bond acceptors (Lipinski definition) is 4. The molecule has 1 aromatic carbocycles. The third kappa shape index (κ3) is 4.04. The van der Waals surface area contributed by atoms with Gasteiger partial charge in [-0.15, -0.1) is 0 Å². The van der Waals surface area contributed by atoms with E-state index in [0.29, 0.717) is 22.0 Å². The Morgan fingerprint density at radius 1 is 1.48 bits per heavy atom. The van der Waals surface area contributed by atoms with E-state index in [4.69, 9.17) is 9.84 Å². The minimum absolute atomic E-state index is 0.163. The van der Waals surface area contributed by atoms with Crippen LogP contribution in [0.15, 0.2) is 29.0 Å². The number of hydrogen-bond donors (Lipinski definition) is 1. The van der Waals surface area contributed by atoms with E-state index in [-0.39, 0.29) is 12.2 Å². The molecule has 0 aliphatic carbocycles. The number of carboxylic acid groups (broad SMARTS) is 1. The summed E-state index contributed by atoms with van der Waals surface area (Å²) >= 11 is 3.20. The van der Waals surface area contributed by atoms with E-state index < -0.39 is 5.97 Å². The zero-order valence-corrected chi connectivity index (χ0v) is 13.4. The summed E-state index contributed by atoms with van der Waals surface area (Å²) in [7, 11) is 0. The number of benzene rings is 1. The highest BCUT2D eigenvalue weighted by Gasteiger charge is 2.11. The van der Waals surface area contributed by atoms with Gasteiger partial charge in [-0.25, -0.2) is 14.5 Å². The van der Waals surface area contributed by atoms with E-state index in [0.717, 1.165) is 6.54 Å². The van der Waals surface area contributed by atoms with Crippen molar-refractivity contribution >= 4 is 21.9 Å². The van der Waals surface area contributed by atoms with Crippen molar-refractivity contribution < 1.29 is 14.6 Å². The monoisotopic (exact) mass is 353 g/mol. The summed E-state index contributed by atoms with van der Waals surface area (Å²) in [6.07, 6.45) is 1.49. The maximum absolute atomic E-state index is 11.1. The van der Waals surface area contributed by atoms with E-state index in [2.05, 4.69) is 39.9 Å². The molecular weight excluding hydrogens is 338 g/mol. The Balaban J connectivity index is 2.08. The van der Waals surface area contributed by atoms with Crippen LogP contribution in [0, 0.1) is 5.92 Å². The van der Waals surface area contributed by atoms with Crippen molar-refractivity contribution in [2.45, 2.75) is 27.0 Å². The molecule has 7 heteroatoms. The molecule has 0 radical (unpaired) electrons. The van der Waals surface area contributed by atoms with E-state index in [9.17, 15) is 4.79 Å². The van der Waals surface area contributed by atoms with E-state index in [1.165, 1.54) is 12.4 Å².